The SMILES string of the molecule is COCCCNc1ncnc(N)c1Br. The number of anilines is 2. The molecule has 1 aromatic heterocycles. The molecule has 0 spiro atoms. The second-order valence-electron chi connectivity index (χ2n) is 2.69. The zero-order valence-electron chi connectivity index (χ0n) is 7.96. The van der Waals surface area contributed by atoms with E-state index in [1.54, 1.807) is 7.11 Å². The summed E-state index contributed by atoms with van der Waals surface area (Å²) in [6.07, 6.45) is 2.35. The lowest BCUT2D eigenvalue weighted by atomic mass is 10.4. The fourth-order valence-corrected chi connectivity index (χ4v) is 1.27. The van der Waals surface area contributed by atoms with Gasteiger partial charge in [0.2, 0.25) is 0 Å². The van der Waals surface area contributed by atoms with Crippen molar-refractivity contribution in [2.24, 2.45) is 0 Å². The molecular formula is C8H13BrN4O. The topological polar surface area (TPSA) is 73.1 Å². The molecule has 0 aliphatic carbocycles. The summed E-state index contributed by atoms with van der Waals surface area (Å²) in [7, 11) is 1.68. The van der Waals surface area contributed by atoms with Gasteiger partial charge < -0.3 is 15.8 Å². The van der Waals surface area contributed by atoms with Crippen LogP contribution >= 0.6 is 15.9 Å². The molecule has 0 saturated carbocycles. The summed E-state index contributed by atoms with van der Waals surface area (Å²) < 4.78 is 5.63. The van der Waals surface area contributed by atoms with Crippen LogP contribution in [0.4, 0.5) is 11.6 Å². The predicted molar refractivity (Wildman–Crippen MR) is 59.1 cm³/mol. The number of nitrogens with one attached hydrogen (secondary N) is 1. The Morgan fingerprint density at radius 2 is 2.36 bits per heavy atom. The maximum absolute atomic E-state index is 5.59. The van der Waals surface area contributed by atoms with Crippen LogP contribution in [-0.4, -0.2) is 30.2 Å². The number of hydrogen-bond donors (Lipinski definition) is 2. The number of aromatic nitrogens is 2. The van der Waals surface area contributed by atoms with E-state index in [0.717, 1.165) is 19.6 Å². The van der Waals surface area contributed by atoms with Gasteiger partial charge in [-0.2, -0.15) is 0 Å². The predicted octanol–water partition coefficient (Wildman–Crippen LogP) is 1.27. The first-order chi connectivity index (χ1) is 6.75. The minimum absolute atomic E-state index is 0.439. The molecule has 0 aliphatic rings. The standard InChI is InChI=1S/C8H13BrN4O/c1-14-4-2-3-11-8-6(9)7(10)12-5-13-8/h5H,2-4H2,1H3,(H3,10,11,12,13). The summed E-state index contributed by atoms with van der Waals surface area (Å²) >= 11 is 3.31. The van der Waals surface area contributed by atoms with E-state index in [4.69, 9.17) is 10.5 Å². The molecule has 0 bridgehead atoms. The van der Waals surface area contributed by atoms with Crippen LogP contribution in [0.2, 0.25) is 0 Å². The Kier molecular flexibility index (Phi) is 4.61. The normalized spacial score (nSPS) is 10.1. The Balaban J connectivity index is 2.46. The van der Waals surface area contributed by atoms with E-state index in [2.05, 4.69) is 31.2 Å². The molecule has 0 radical (unpaired) electrons. The highest BCUT2D eigenvalue weighted by Crippen LogP contribution is 2.23. The van der Waals surface area contributed by atoms with Crippen LogP contribution in [0.15, 0.2) is 10.8 Å². The zero-order valence-corrected chi connectivity index (χ0v) is 9.54. The minimum atomic E-state index is 0.439. The molecule has 6 heteroatoms. The van der Waals surface area contributed by atoms with Gasteiger partial charge >= 0.3 is 0 Å². The highest BCUT2D eigenvalue weighted by molar-refractivity contribution is 9.10. The lowest BCUT2D eigenvalue weighted by Gasteiger charge is -2.07. The Hall–Kier alpha value is -0.880. The maximum atomic E-state index is 5.59. The third kappa shape index (κ3) is 3.12. The van der Waals surface area contributed by atoms with E-state index >= 15 is 0 Å². The molecule has 0 saturated heterocycles. The fourth-order valence-electron chi connectivity index (χ4n) is 0.930. The van der Waals surface area contributed by atoms with E-state index in [0.29, 0.717) is 16.1 Å². The van der Waals surface area contributed by atoms with E-state index in [-0.39, 0.29) is 0 Å². The summed E-state index contributed by atoms with van der Waals surface area (Å²) in [5.74, 6) is 1.16. The van der Waals surface area contributed by atoms with Crippen LogP contribution in [-0.2, 0) is 4.74 Å². The monoisotopic (exact) mass is 260 g/mol. The molecule has 0 aromatic carbocycles. The summed E-state index contributed by atoms with van der Waals surface area (Å²) in [6.45, 7) is 1.52. The average molecular weight is 261 g/mol. The van der Waals surface area contributed by atoms with Gasteiger partial charge in [0, 0.05) is 20.3 Å². The molecule has 1 rings (SSSR count). The number of methoxy groups -OCH3 is 1. The highest BCUT2D eigenvalue weighted by atomic mass is 79.9. The summed E-state index contributed by atoms with van der Waals surface area (Å²) in [4.78, 5) is 7.89. The van der Waals surface area contributed by atoms with Crippen LogP contribution in [0.1, 0.15) is 6.42 Å². The van der Waals surface area contributed by atoms with Crippen molar-refractivity contribution >= 4 is 27.6 Å². The first-order valence-electron chi connectivity index (χ1n) is 4.24. The molecule has 1 aromatic rings. The highest BCUT2D eigenvalue weighted by Gasteiger charge is 2.04. The van der Waals surface area contributed by atoms with Crippen molar-refractivity contribution in [1.29, 1.82) is 0 Å². The minimum Gasteiger partial charge on any atom is -0.385 e. The van der Waals surface area contributed by atoms with E-state index in [1.807, 2.05) is 0 Å². The molecule has 0 unspecified atom stereocenters. The van der Waals surface area contributed by atoms with Crippen molar-refractivity contribution in [3.8, 4) is 0 Å². The van der Waals surface area contributed by atoms with Gasteiger partial charge in [-0.25, -0.2) is 9.97 Å². The molecule has 78 valence electrons. The first-order valence-corrected chi connectivity index (χ1v) is 5.03. The lowest BCUT2D eigenvalue weighted by molar-refractivity contribution is 0.197. The van der Waals surface area contributed by atoms with Crippen LogP contribution in [0.5, 0.6) is 0 Å². The van der Waals surface area contributed by atoms with Gasteiger partial charge in [0.05, 0.1) is 0 Å². The molecule has 5 nitrogen and oxygen atoms in total. The summed E-state index contributed by atoms with van der Waals surface area (Å²) in [6, 6.07) is 0. The third-order valence-electron chi connectivity index (χ3n) is 1.63. The van der Waals surface area contributed by atoms with Gasteiger partial charge in [-0.1, -0.05) is 0 Å². The first kappa shape index (κ1) is 11.2. The fraction of sp³-hybridized carbons (Fsp3) is 0.500. The van der Waals surface area contributed by atoms with Crippen LogP contribution in [0.25, 0.3) is 0 Å². The number of rotatable bonds is 5. The van der Waals surface area contributed by atoms with Gasteiger partial charge in [-0.05, 0) is 22.4 Å². The number of ether oxygens (including phenoxy) is 1. The molecule has 0 atom stereocenters. The number of nitrogens with two attached hydrogens (primary N) is 1. The average Bonchev–Trinajstić information content (AvgIpc) is 2.19. The lowest BCUT2D eigenvalue weighted by Crippen LogP contribution is -2.07. The van der Waals surface area contributed by atoms with Crippen molar-refractivity contribution in [2.45, 2.75) is 6.42 Å². The summed E-state index contributed by atoms with van der Waals surface area (Å²) in [5, 5.41) is 3.13. The van der Waals surface area contributed by atoms with Crippen LogP contribution in [0, 0.1) is 0 Å². The van der Waals surface area contributed by atoms with Crippen molar-refractivity contribution in [1.82, 2.24) is 9.97 Å². The Morgan fingerprint density at radius 1 is 1.57 bits per heavy atom. The van der Waals surface area contributed by atoms with E-state index in [1.165, 1.54) is 6.33 Å². The molecule has 0 fully saturated rings. The van der Waals surface area contributed by atoms with Crippen molar-refractivity contribution < 1.29 is 4.74 Å². The molecule has 1 heterocycles. The Bertz CT molecular complexity index is 295. The van der Waals surface area contributed by atoms with Crippen LogP contribution < -0.4 is 11.1 Å². The molecule has 3 N–H and O–H groups in total. The smallest absolute Gasteiger partial charge is 0.145 e. The largest absolute Gasteiger partial charge is 0.385 e. The Morgan fingerprint density at radius 3 is 3.07 bits per heavy atom. The molecule has 0 aliphatic heterocycles. The van der Waals surface area contributed by atoms with Gasteiger partial charge in [-0.3, -0.25) is 0 Å². The van der Waals surface area contributed by atoms with Crippen molar-refractivity contribution in [2.75, 3.05) is 31.3 Å². The number of nitrogen functional groups attached to an aromatic ring is 1. The summed E-state index contributed by atoms with van der Waals surface area (Å²) in [5.41, 5.74) is 5.59. The van der Waals surface area contributed by atoms with Crippen molar-refractivity contribution in [3.05, 3.63) is 10.8 Å². The maximum Gasteiger partial charge on any atom is 0.145 e. The number of nitrogens with zero attached hydrogens (tertiary/aromatic N) is 2. The number of hydrogen-bond acceptors (Lipinski definition) is 5. The van der Waals surface area contributed by atoms with E-state index < -0.39 is 0 Å². The third-order valence-corrected chi connectivity index (χ3v) is 2.42. The molecular weight excluding hydrogens is 248 g/mol. The van der Waals surface area contributed by atoms with E-state index in [9.17, 15) is 0 Å². The van der Waals surface area contributed by atoms with Crippen molar-refractivity contribution in [3.63, 3.8) is 0 Å². The van der Waals surface area contributed by atoms with Gasteiger partial charge in [0.1, 0.15) is 22.4 Å². The van der Waals surface area contributed by atoms with Gasteiger partial charge in [0.25, 0.3) is 0 Å². The van der Waals surface area contributed by atoms with Gasteiger partial charge in [-0.15, -0.1) is 0 Å². The number of halogens is 1. The molecule has 14 heavy (non-hydrogen) atoms. The molecule has 0 amide bonds. The Labute approximate surface area is 91.2 Å². The zero-order chi connectivity index (χ0) is 10.4. The second kappa shape index (κ2) is 5.77. The second-order valence-corrected chi connectivity index (χ2v) is 3.49. The van der Waals surface area contributed by atoms with Crippen LogP contribution in [0.3, 0.4) is 0 Å². The van der Waals surface area contributed by atoms with Gasteiger partial charge in [0.15, 0.2) is 0 Å². The quantitative estimate of drug-likeness (QED) is 0.781.